The van der Waals surface area contributed by atoms with Gasteiger partial charge in [-0.2, -0.15) is 0 Å². The van der Waals surface area contributed by atoms with Crippen LogP contribution in [0, 0.1) is 5.92 Å². The summed E-state index contributed by atoms with van der Waals surface area (Å²) in [5, 5.41) is 7.56. The van der Waals surface area contributed by atoms with E-state index in [9.17, 15) is 4.79 Å². The van der Waals surface area contributed by atoms with Gasteiger partial charge >= 0.3 is 6.09 Å². The largest absolute Gasteiger partial charge is 0.450 e. The Hall–Kier alpha value is -4.06. The monoisotopic (exact) mass is 482 g/mol. The molecule has 0 fully saturated rings. The molecule has 0 aliphatic carbocycles. The first kappa shape index (κ1) is 25.0. The van der Waals surface area contributed by atoms with Gasteiger partial charge in [0.25, 0.3) is 0 Å². The van der Waals surface area contributed by atoms with Crippen molar-refractivity contribution in [3.05, 3.63) is 96.1 Å². The highest BCUT2D eigenvalue weighted by Gasteiger charge is 2.23. The molecule has 0 bridgehead atoms. The summed E-state index contributed by atoms with van der Waals surface area (Å²) in [6.07, 6.45) is -0.497. The molecule has 0 unspecified atom stereocenters. The van der Waals surface area contributed by atoms with Gasteiger partial charge in [0, 0.05) is 25.0 Å². The quantitative estimate of drug-likeness (QED) is 0.253. The van der Waals surface area contributed by atoms with Crippen molar-refractivity contribution in [3.63, 3.8) is 0 Å². The minimum atomic E-state index is -0.497. The number of nitrogens with one attached hydrogen (secondary N) is 2. The Morgan fingerprint density at radius 1 is 0.861 bits per heavy atom. The molecule has 6 nitrogen and oxygen atoms in total. The van der Waals surface area contributed by atoms with E-state index in [0.29, 0.717) is 30.5 Å². The molecule has 1 amide bonds. The van der Waals surface area contributed by atoms with Gasteiger partial charge in [-0.05, 0) is 30.0 Å². The number of carbonyl (C=O) groups is 1. The number of carbonyl (C=O) groups excluding carboxylic acids is 1. The topological polar surface area (TPSA) is 66.5 Å². The molecule has 1 heterocycles. The van der Waals surface area contributed by atoms with Gasteiger partial charge in [0.15, 0.2) is 5.82 Å². The van der Waals surface area contributed by atoms with Crippen molar-refractivity contribution in [1.82, 2.24) is 4.98 Å². The standard InChI is InChI=1S/C30H34N4O2/c1-4-36-30(35)33-28-27(31-19-22(2)3)25-17-11-12-18-26(25)32-29(28)34(20-23-13-7-5-8-14-23)21-24-15-9-6-10-16-24/h5-18,22H,4,19-21H2,1-3H3,(H,31,32)(H,33,35). The molecular weight excluding hydrogens is 448 g/mol. The van der Waals surface area contributed by atoms with E-state index in [1.165, 1.54) is 0 Å². The SMILES string of the molecule is CCOC(=O)Nc1c(N(Cc2ccccc2)Cc2ccccc2)nc2ccccc2c1NCC(C)C. The van der Waals surface area contributed by atoms with Crippen LogP contribution >= 0.6 is 0 Å². The van der Waals surface area contributed by atoms with E-state index in [-0.39, 0.29) is 6.61 Å². The van der Waals surface area contributed by atoms with Crippen molar-refractivity contribution in [2.24, 2.45) is 5.92 Å². The molecule has 4 aromatic rings. The second-order valence-corrected chi connectivity index (χ2v) is 9.15. The number of benzene rings is 3. The fourth-order valence-electron chi connectivity index (χ4n) is 4.12. The zero-order valence-corrected chi connectivity index (χ0v) is 21.2. The highest BCUT2D eigenvalue weighted by molar-refractivity contribution is 6.06. The van der Waals surface area contributed by atoms with Crippen molar-refractivity contribution in [2.75, 3.05) is 28.7 Å². The number of anilines is 3. The van der Waals surface area contributed by atoms with Crippen molar-refractivity contribution in [3.8, 4) is 0 Å². The molecule has 3 aromatic carbocycles. The van der Waals surface area contributed by atoms with Gasteiger partial charge in [-0.3, -0.25) is 5.32 Å². The number of fused-ring (bicyclic) bond motifs is 1. The van der Waals surface area contributed by atoms with Gasteiger partial charge < -0.3 is 15.0 Å². The van der Waals surface area contributed by atoms with Gasteiger partial charge in [-0.25, -0.2) is 9.78 Å². The Kier molecular flexibility index (Phi) is 8.40. The van der Waals surface area contributed by atoms with Crippen LogP contribution in [-0.4, -0.2) is 24.2 Å². The summed E-state index contributed by atoms with van der Waals surface area (Å²) in [6.45, 7) is 8.41. The lowest BCUT2D eigenvalue weighted by atomic mass is 10.1. The Balaban J connectivity index is 1.89. The normalized spacial score (nSPS) is 10.9. The molecule has 1 aromatic heterocycles. The van der Waals surface area contributed by atoms with Gasteiger partial charge in [0.05, 0.1) is 17.8 Å². The maximum absolute atomic E-state index is 12.7. The summed E-state index contributed by atoms with van der Waals surface area (Å²) < 4.78 is 5.29. The summed E-state index contributed by atoms with van der Waals surface area (Å²) >= 11 is 0. The zero-order chi connectivity index (χ0) is 25.3. The number of hydrogen-bond donors (Lipinski definition) is 2. The van der Waals surface area contributed by atoms with Gasteiger partial charge in [-0.1, -0.05) is 92.7 Å². The first-order valence-corrected chi connectivity index (χ1v) is 12.5. The third-order valence-corrected chi connectivity index (χ3v) is 5.79. The average molecular weight is 483 g/mol. The van der Waals surface area contributed by atoms with E-state index in [4.69, 9.17) is 9.72 Å². The van der Waals surface area contributed by atoms with Crippen LogP contribution in [0.4, 0.5) is 22.0 Å². The van der Waals surface area contributed by atoms with Crippen molar-refractivity contribution < 1.29 is 9.53 Å². The molecule has 0 atom stereocenters. The molecule has 4 rings (SSSR count). The van der Waals surface area contributed by atoms with Gasteiger partial charge in [0.1, 0.15) is 5.69 Å². The first-order chi connectivity index (χ1) is 17.5. The smallest absolute Gasteiger partial charge is 0.411 e. The Bertz CT molecular complexity index is 1230. The molecular formula is C30H34N4O2. The Morgan fingerprint density at radius 3 is 2.03 bits per heavy atom. The first-order valence-electron chi connectivity index (χ1n) is 12.5. The Labute approximate surface area is 213 Å². The third-order valence-electron chi connectivity index (χ3n) is 5.79. The number of ether oxygens (including phenoxy) is 1. The van der Waals surface area contributed by atoms with Crippen LogP contribution in [0.3, 0.4) is 0 Å². The maximum atomic E-state index is 12.7. The number of nitrogens with zero attached hydrogens (tertiary/aromatic N) is 2. The lowest BCUT2D eigenvalue weighted by molar-refractivity contribution is 0.168. The Morgan fingerprint density at radius 2 is 1.44 bits per heavy atom. The summed E-state index contributed by atoms with van der Waals surface area (Å²) in [5.74, 6) is 1.11. The van der Waals surface area contributed by atoms with Crippen LogP contribution < -0.4 is 15.5 Å². The summed E-state index contributed by atoms with van der Waals surface area (Å²) in [7, 11) is 0. The number of amides is 1. The zero-order valence-electron chi connectivity index (χ0n) is 21.2. The fraction of sp³-hybridized carbons (Fsp3) is 0.267. The van der Waals surface area contributed by atoms with Crippen LogP contribution in [0.5, 0.6) is 0 Å². The molecule has 0 spiro atoms. The van der Waals surface area contributed by atoms with E-state index in [1.807, 2.05) is 60.7 Å². The number of pyridine rings is 1. The highest BCUT2D eigenvalue weighted by Crippen LogP contribution is 2.39. The van der Waals surface area contributed by atoms with E-state index in [0.717, 1.165) is 34.3 Å². The van der Waals surface area contributed by atoms with Crippen molar-refractivity contribution >= 4 is 34.2 Å². The molecule has 0 aliphatic rings. The molecule has 186 valence electrons. The van der Waals surface area contributed by atoms with Crippen molar-refractivity contribution in [1.29, 1.82) is 0 Å². The van der Waals surface area contributed by atoms with Crippen LogP contribution in [0.2, 0.25) is 0 Å². The number of aromatic nitrogens is 1. The van der Waals surface area contributed by atoms with E-state index in [1.54, 1.807) is 6.92 Å². The minimum Gasteiger partial charge on any atom is -0.450 e. The lowest BCUT2D eigenvalue weighted by Crippen LogP contribution is -2.26. The van der Waals surface area contributed by atoms with E-state index >= 15 is 0 Å². The molecule has 0 saturated heterocycles. The van der Waals surface area contributed by atoms with Crippen LogP contribution in [0.25, 0.3) is 10.9 Å². The van der Waals surface area contributed by atoms with Crippen LogP contribution in [0.1, 0.15) is 31.9 Å². The number of para-hydroxylation sites is 1. The highest BCUT2D eigenvalue weighted by atomic mass is 16.5. The fourth-order valence-corrected chi connectivity index (χ4v) is 4.12. The molecule has 0 aliphatic heterocycles. The third kappa shape index (κ3) is 6.33. The molecule has 36 heavy (non-hydrogen) atoms. The van der Waals surface area contributed by atoms with Crippen molar-refractivity contribution in [2.45, 2.75) is 33.9 Å². The molecule has 0 radical (unpaired) electrons. The molecule has 6 heteroatoms. The van der Waals surface area contributed by atoms with E-state index in [2.05, 4.69) is 53.6 Å². The van der Waals surface area contributed by atoms with Crippen LogP contribution in [-0.2, 0) is 17.8 Å². The second-order valence-electron chi connectivity index (χ2n) is 9.15. The predicted octanol–water partition coefficient (Wildman–Crippen LogP) is 7.08. The number of hydrogen-bond acceptors (Lipinski definition) is 5. The summed E-state index contributed by atoms with van der Waals surface area (Å²) in [5.41, 5.74) is 4.65. The molecule has 2 N–H and O–H groups in total. The van der Waals surface area contributed by atoms with E-state index < -0.39 is 6.09 Å². The molecule has 0 saturated carbocycles. The minimum absolute atomic E-state index is 0.286. The number of rotatable bonds is 10. The van der Waals surface area contributed by atoms with Gasteiger partial charge in [0.2, 0.25) is 0 Å². The maximum Gasteiger partial charge on any atom is 0.411 e. The second kappa shape index (κ2) is 12.1. The summed E-state index contributed by atoms with van der Waals surface area (Å²) in [4.78, 5) is 20.0. The lowest BCUT2D eigenvalue weighted by Gasteiger charge is -2.29. The predicted molar refractivity (Wildman–Crippen MR) is 148 cm³/mol. The average Bonchev–Trinajstić information content (AvgIpc) is 2.88. The summed E-state index contributed by atoms with van der Waals surface area (Å²) in [6, 6.07) is 28.6. The van der Waals surface area contributed by atoms with Gasteiger partial charge in [-0.15, -0.1) is 0 Å². The van der Waals surface area contributed by atoms with Crippen LogP contribution in [0.15, 0.2) is 84.9 Å².